The minimum absolute atomic E-state index is 0.489. The van der Waals surface area contributed by atoms with Crippen molar-refractivity contribution >= 4 is 0 Å². The monoisotopic (exact) mass is 301 g/mol. The van der Waals surface area contributed by atoms with Crippen molar-refractivity contribution in [1.82, 2.24) is 15.1 Å². The fraction of sp³-hybridized carbons (Fsp3) is 0.611. The third-order valence-corrected chi connectivity index (χ3v) is 4.05. The van der Waals surface area contributed by atoms with Gasteiger partial charge in [-0.25, -0.2) is 0 Å². The topological polar surface area (TPSA) is 51.8 Å². The molecule has 0 N–H and O–H groups in total. The van der Waals surface area contributed by atoms with Crippen molar-refractivity contribution < 1.29 is 4.52 Å². The molecule has 1 aliphatic carbocycles. The number of pyridine rings is 1. The third-order valence-electron chi connectivity index (χ3n) is 4.05. The highest BCUT2D eigenvalue weighted by Crippen LogP contribution is 2.31. The smallest absolute Gasteiger partial charge is 0.258 e. The van der Waals surface area contributed by atoms with Crippen molar-refractivity contribution in [3.8, 4) is 11.5 Å². The van der Waals surface area contributed by atoms with Crippen LogP contribution in [0.4, 0.5) is 0 Å². The molecule has 2 aromatic heterocycles. The zero-order valence-corrected chi connectivity index (χ0v) is 13.8. The van der Waals surface area contributed by atoms with Crippen molar-refractivity contribution in [2.45, 2.75) is 71.1 Å². The molecule has 0 atom stereocenters. The predicted octanol–water partition coefficient (Wildman–Crippen LogP) is 5.38. The predicted molar refractivity (Wildman–Crippen MR) is 88.6 cm³/mol. The van der Waals surface area contributed by atoms with E-state index in [9.17, 15) is 0 Å². The molecular weight excluding hydrogens is 274 g/mol. The summed E-state index contributed by atoms with van der Waals surface area (Å²) in [5, 5.41) is 4.11. The molecule has 0 saturated heterocycles. The van der Waals surface area contributed by atoms with Gasteiger partial charge >= 0.3 is 0 Å². The van der Waals surface area contributed by atoms with Crippen LogP contribution in [0.15, 0.2) is 29.0 Å². The highest BCUT2D eigenvalue weighted by Gasteiger charge is 2.21. The fourth-order valence-electron chi connectivity index (χ4n) is 2.73. The van der Waals surface area contributed by atoms with Crippen LogP contribution in [-0.4, -0.2) is 15.1 Å². The van der Waals surface area contributed by atoms with E-state index in [1.54, 1.807) is 12.4 Å². The van der Waals surface area contributed by atoms with Crippen molar-refractivity contribution in [3.05, 3.63) is 30.4 Å². The maximum absolute atomic E-state index is 5.32. The van der Waals surface area contributed by atoms with Gasteiger partial charge in [0, 0.05) is 23.9 Å². The lowest BCUT2D eigenvalue weighted by atomic mass is 9.89. The van der Waals surface area contributed by atoms with Gasteiger partial charge < -0.3 is 4.52 Å². The standard InChI is InChI=1S/C13H15N3O.C5H12/c1-2-4-10(5-3-1)12-15-13(17-16-12)11-6-8-14-9-7-11;1-3-5-4-2/h6-10H,1-5H2;3-5H2,1-2H3. The molecule has 0 aromatic carbocycles. The lowest BCUT2D eigenvalue weighted by Crippen LogP contribution is -2.06. The molecule has 3 rings (SSSR count). The summed E-state index contributed by atoms with van der Waals surface area (Å²) in [6, 6.07) is 3.77. The van der Waals surface area contributed by atoms with Gasteiger partial charge in [0.25, 0.3) is 5.89 Å². The quantitative estimate of drug-likeness (QED) is 0.761. The molecule has 0 aliphatic heterocycles. The number of hydrogen-bond donors (Lipinski definition) is 0. The Hall–Kier alpha value is -1.71. The van der Waals surface area contributed by atoms with Crippen LogP contribution in [0.1, 0.15) is 77.0 Å². The average Bonchev–Trinajstić information content (AvgIpc) is 3.08. The molecule has 22 heavy (non-hydrogen) atoms. The van der Waals surface area contributed by atoms with Gasteiger partial charge in [0.05, 0.1) is 0 Å². The van der Waals surface area contributed by atoms with Crippen LogP contribution in [0.2, 0.25) is 0 Å². The summed E-state index contributed by atoms with van der Waals surface area (Å²) < 4.78 is 5.32. The van der Waals surface area contributed by atoms with E-state index in [4.69, 9.17) is 4.52 Å². The molecule has 0 radical (unpaired) electrons. The molecule has 0 amide bonds. The van der Waals surface area contributed by atoms with Gasteiger partial charge in [0.2, 0.25) is 0 Å². The molecule has 2 aromatic rings. The van der Waals surface area contributed by atoms with Gasteiger partial charge in [0.15, 0.2) is 5.82 Å². The normalized spacial score (nSPS) is 15.2. The Morgan fingerprint density at radius 1 is 1.05 bits per heavy atom. The first-order valence-electron chi connectivity index (χ1n) is 8.59. The molecule has 4 heteroatoms. The fourth-order valence-corrected chi connectivity index (χ4v) is 2.73. The molecule has 1 fully saturated rings. The first-order chi connectivity index (χ1) is 10.8. The zero-order chi connectivity index (χ0) is 15.6. The van der Waals surface area contributed by atoms with E-state index in [0.717, 1.165) is 11.4 Å². The van der Waals surface area contributed by atoms with Gasteiger partial charge in [-0.2, -0.15) is 4.98 Å². The number of nitrogens with zero attached hydrogens (tertiary/aromatic N) is 3. The van der Waals surface area contributed by atoms with Crippen LogP contribution in [-0.2, 0) is 0 Å². The van der Waals surface area contributed by atoms with E-state index in [-0.39, 0.29) is 0 Å². The van der Waals surface area contributed by atoms with Crippen LogP contribution in [0.3, 0.4) is 0 Å². The lowest BCUT2D eigenvalue weighted by molar-refractivity contribution is 0.385. The molecule has 0 unspecified atom stereocenters. The highest BCUT2D eigenvalue weighted by molar-refractivity contribution is 5.51. The lowest BCUT2D eigenvalue weighted by Gasteiger charge is -2.17. The van der Waals surface area contributed by atoms with E-state index in [1.807, 2.05) is 12.1 Å². The van der Waals surface area contributed by atoms with E-state index < -0.39 is 0 Å². The highest BCUT2D eigenvalue weighted by atomic mass is 16.5. The molecule has 4 nitrogen and oxygen atoms in total. The maximum Gasteiger partial charge on any atom is 0.258 e. The van der Waals surface area contributed by atoms with Crippen molar-refractivity contribution in [1.29, 1.82) is 0 Å². The van der Waals surface area contributed by atoms with Crippen LogP contribution < -0.4 is 0 Å². The minimum Gasteiger partial charge on any atom is -0.334 e. The van der Waals surface area contributed by atoms with Crippen LogP contribution in [0.5, 0.6) is 0 Å². The summed E-state index contributed by atoms with van der Waals surface area (Å²) >= 11 is 0. The molecule has 1 aliphatic rings. The number of unbranched alkanes of at least 4 members (excludes halogenated alkanes) is 2. The van der Waals surface area contributed by atoms with Gasteiger partial charge in [-0.15, -0.1) is 0 Å². The summed E-state index contributed by atoms with van der Waals surface area (Å²) in [7, 11) is 0. The Morgan fingerprint density at radius 2 is 1.73 bits per heavy atom. The van der Waals surface area contributed by atoms with E-state index in [1.165, 1.54) is 51.4 Å². The Morgan fingerprint density at radius 3 is 2.32 bits per heavy atom. The first-order valence-corrected chi connectivity index (χ1v) is 8.59. The SMILES string of the molecule is CCCCC.c1cc(-c2nc(C3CCCCC3)no2)ccn1. The van der Waals surface area contributed by atoms with Gasteiger partial charge in [0.1, 0.15) is 0 Å². The average molecular weight is 301 g/mol. The molecule has 1 saturated carbocycles. The zero-order valence-electron chi connectivity index (χ0n) is 13.8. The van der Waals surface area contributed by atoms with Crippen LogP contribution in [0, 0.1) is 0 Å². The maximum atomic E-state index is 5.32. The summed E-state index contributed by atoms with van der Waals surface area (Å²) in [5.41, 5.74) is 0.939. The van der Waals surface area contributed by atoms with Crippen molar-refractivity contribution in [3.63, 3.8) is 0 Å². The Kier molecular flexibility index (Phi) is 7.07. The summed E-state index contributed by atoms with van der Waals surface area (Å²) in [6.07, 6.45) is 13.8. The van der Waals surface area contributed by atoms with Crippen LogP contribution in [0.25, 0.3) is 11.5 Å². The van der Waals surface area contributed by atoms with Crippen molar-refractivity contribution in [2.75, 3.05) is 0 Å². The first kappa shape index (κ1) is 16.7. The number of rotatable bonds is 4. The molecular formula is C18H27N3O. The van der Waals surface area contributed by atoms with Crippen LogP contribution >= 0.6 is 0 Å². The number of hydrogen-bond acceptors (Lipinski definition) is 4. The molecule has 120 valence electrons. The summed E-state index contributed by atoms with van der Waals surface area (Å²) in [4.78, 5) is 8.48. The Labute approximate surface area is 133 Å². The van der Waals surface area contributed by atoms with E-state index >= 15 is 0 Å². The Bertz CT molecular complexity index is 516. The molecule has 0 bridgehead atoms. The summed E-state index contributed by atoms with van der Waals surface area (Å²) in [6.45, 7) is 4.42. The molecule has 0 spiro atoms. The van der Waals surface area contributed by atoms with Gasteiger partial charge in [-0.05, 0) is 25.0 Å². The van der Waals surface area contributed by atoms with E-state index in [2.05, 4.69) is 29.0 Å². The second-order valence-electron chi connectivity index (χ2n) is 5.88. The van der Waals surface area contributed by atoms with Gasteiger partial charge in [-0.3, -0.25) is 4.98 Å². The molecule has 2 heterocycles. The number of aromatic nitrogens is 3. The second-order valence-corrected chi connectivity index (χ2v) is 5.88. The van der Waals surface area contributed by atoms with Crippen molar-refractivity contribution in [2.24, 2.45) is 0 Å². The largest absolute Gasteiger partial charge is 0.334 e. The second kappa shape index (κ2) is 9.34. The minimum atomic E-state index is 0.489. The Balaban J connectivity index is 0.000000309. The third kappa shape index (κ3) is 4.93. The summed E-state index contributed by atoms with van der Waals surface area (Å²) in [5.74, 6) is 1.97. The van der Waals surface area contributed by atoms with E-state index in [0.29, 0.717) is 11.8 Å². The van der Waals surface area contributed by atoms with Gasteiger partial charge in [-0.1, -0.05) is 57.5 Å².